The second-order valence-electron chi connectivity index (χ2n) is 7.65. The van der Waals surface area contributed by atoms with Crippen LogP contribution in [0.1, 0.15) is 18.4 Å². The van der Waals surface area contributed by atoms with Crippen molar-refractivity contribution in [1.82, 2.24) is 10.2 Å². The summed E-state index contributed by atoms with van der Waals surface area (Å²) in [6, 6.07) is 7.16. The lowest BCUT2D eigenvalue weighted by atomic mass is 9.82. The minimum absolute atomic E-state index is 0.190. The predicted octanol–water partition coefficient (Wildman–Crippen LogP) is 2.12. The van der Waals surface area contributed by atoms with E-state index in [-0.39, 0.29) is 17.8 Å². The number of aliphatic hydroxyl groups is 1. The number of likely N-dealkylation sites (tertiary alicyclic amines) is 1. The molecule has 4 rings (SSSR count). The molecule has 0 spiro atoms. The van der Waals surface area contributed by atoms with Crippen molar-refractivity contribution in [3.05, 3.63) is 35.9 Å². The van der Waals surface area contributed by atoms with Crippen molar-refractivity contribution in [3.63, 3.8) is 0 Å². The average Bonchev–Trinajstić information content (AvgIpc) is 3.35. The molecule has 148 valence electrons. The van der Waals surface area contributed by atoms with Crippen molar-refractivity contribution in [2.75, 3.05) is 26.7 Å². The number of rotatable bonds is 3. The SMILES string of the molecule is CN=C(NCC(O)(c1ccccc1)C(F)(F)F)N1CC2C3CCC(O3)C2C1. The number of alkyl halides is 3. The number of fused-ring (bicyclic) bond motifs is 5. The Kier molecular flexibility index (Phi) is 4.58. The topological polar surface area (TPSA) is 57.1 Å². The van der Waals surface area contributed by atoms with E-state index in [0.717, 1.165) is 25.9 Å². The van der Waals surface area contributed by atoms with Crippen molar-refractivity contribution in [2.45, 2.75) is 36.8 Å². The standard InChI is InChI=1S/C19H24F3N3O2/c1-23-17(25-9-13-14(10-25)16-8-7-15(13)27-16)24-11-18(26,19(20,21)22)12-5-3-2-4-6-12/h2-6,13-16,26H,7-11H2,1H3,(H,23,24). The highest BCUT2D eigenvalue weighted by atomic mass is 19.4. The van der Waals surface area contributed by atoms with Crippen LogP contribution in [0.3, 0.4) is 0 Å². The van der Waals surface area contributed by atoms with E-state index in [1.807, 2.05) is 4.90 Å². The zero-order chi connectivity index (χ0) is 19.2. The first kappa shape index (κ1) is 18.6. The smallest absolute Gasteiger partial charge is 0.375 e. The van der Waals surface area contributed by atoms with E-state index >= 15 is 0 Å². The Hall–Kier alpha value is -1.80. The van der Waals surface area contributed by atoms with Crippen LogP contribution in [0.2, 0.25) is 0 Å². The molecule has 5 atom stereocenters. The molecule has 0 saturated carbocycles. The van der Waals surface area contributed by atoms with Crippen molar-refractivity contribution in [1.29, 1.82) is 0 Å². The molecule has 3 saturated heterocycles. The van der Waals surface area contributed by atoms with E-state index in [1.165, 1.54) is 24.3 Å². The summed E-state index contributed by atoms with van der Waals surface area (Å²) in [6.07, 6.45) is -2.16. The van der Waals surface area contributed by atoms with Gasteiger partial charge in [-0.1, -0.05) is 30.3 Å². The van der Waals surface area contributed by atoms with Gasteiger partial charge in [0, 0.05) is 32.0 Å². The Balaban J connectivity index is 1.47. The Morgan fingerprint density at radius 1 is 1.19 bits per heavy atom. The average molecular weight is 383 g/mol. The molecule has 3 heterocycles. The van der Waals surface area contributed by atoms with Gasteiger partial charge in [-0.15, -0.1) is 0 Å². The lowest BCUT2D eigenvalue weighted by Crippen LogP contribution is -2.53. The van der Waals surface area contributed by atoms with E-state index < -0.39 is 18.3 Å². The fourth-order valence-corrected chi connectivity index (χ4v) is 4.75. The van der Waals surface area contributed by atoms with E-state index in [2.05, 4.69) is 10.3 Å². The molecule has 3 aliphatic rings. The number of benzene rings is 1. The van der Waals surface area contributed by atoms with E-state index in [0.29, 0.717) is 17.8 Å². The van der Waals surface area contributed by atoms with E-state index in [1.54, 1.807) is 13.1 Å². The van der Waals surface area contributed by atoms with E-state index in [9.17, 15) is 18.3 Å². The van der Waals surface area contributed by atoms with Crippen LogP contribution in [0, 0.1) is 11.8 Å². The summed E-state index contributed by atoms with van der Waals surface area (Å²) in [5.74, 6) is 1.22. The normalized spacial score (nSPS) is 32.5. The molecule has 2 N–H and O–H groups in total. The molecule has 0 aliphatic carbocycles. The fourth-order valence-electron chi connectivity index (χ4n) is 4.75. The van der Waals surface area contributed by atoms with Gasteiger partial charge in [-0.25, -0.2) is 0 Å². The molecule has 8 heteroatoms. The molecule has 0 radical (unpaired) electrons. The van der Waals surface area contributed by atoms with Gasteiger partial charge in [-0.2, -0.15) is 13.2 Å². The molecule has 3 aliphatic heterocycles. The van der Waals surface area contributed by atoms with Gasteiger partial charge < -0.3 is 20.1 Å². The maximum atomic E-state index is 13.7. The third-order valence-electron chi connectivity index (χ3n) is 6.19. The number of nitrogens with zero attached hydrogens (tertiary/aromatic N) is 2. The maximum Gasteiger partial charge on any atom is 0.423 e. The molecular weight excluding hydrogens is 359 g/mol. The van der Waals surface area contributed by atoms with Gasteiger partial charge in [0.15, 0.2) is 5.96 Å². The Labute approximate surface area is 156 Å². The van der Waals surface area contributed by atoms with Crippen LogP contribution < -0.4 is 5.32 Å². The first-order valence-corrected chi connectivity index (χ1v) is 9.29. The van der Waals surface area contributed by atoms with Gasteiger partial charge in [0.1, 0.15) is 0 Å². The molecule has 5 unspecified atom stereocenters. The minimum atomic E-state index is -4.81. The van der Waals surface area contributed by atoms with Crippen LogP contribution in [0.5, 0.6) is 0 Å². The number of guanidine groups is 1. The lowest BCUT2D eigenvalue weighted by Gasteiger charge is -2.33. The molecule has 27 heavy (non-hydrogen) atoms. The molecular formula is C19H24F3N3O2. The van der Waals surface area contributed by atoms with Crippen molar-refractivity contribution in [2.24, 2.45) is 16.8 Å². The highest BCUT2D eigenvalue weighted by molar-refractivity contribution is 5.80. The van der Waals surface area contributed by atoms with Crippen LogP contribution in [0.25, 0.3) is 0 Å². The summed E-state index contributed by atoms with van der Waals surface area (Å²) in [5.41, 5.74) is -3.17. The minimum Gasteiger partial charge on any atom is -0.375 e. The van der Waals surface area contributed by atoms with Crippen LogP contribution in [-0.2, 0) is 10.3 Å². The van der Waals surface area contributed by atoms with Crippen molar-refractivity contribution >= 4 is 5.96 Å². The summed E-state index contributed by atoms with van der Waals surface area (Å²) in [5, 5.41) is 13.2. The first-order chi connectivity index (χ1) is 12.8. The van der Waals surface area contributed by atoms with Crippen LogP contribution in [0.15, 0.2) is 35.3 Å². The Morgan fingerprint density at radius 2 is 1.78 bits per heavy atom. The summed E-state index contributed by atoms with van der Waals surface area (Å²) >= 11 is 0. The lowest BCUT2D eigenvalue weighted by molar-refractivity contribution is -0.263. The van der Waals surface area contributed by atoms with Gasteiger partial charge in [0.25, 0.3) is 0 Å². The molecule has 1 aromatic rings. The van der Waals surface area contributed by atoms with Crippen LogP contribution in [0.4, 0.5) is 13.2 Å². The van der Waals surface area contributed by atoms with Crippen molar-refractivity contribution in [3.8, 4) is 0 Å². The molecule has 0 aromatic heterocycles. The highest BCUT2D eigenvalue weighted by Crippen LogP contribution is 2.47. The molecule has 5 nitrogen and oxygen atoms in total. The quantitative estimate of drug-likeness (QED) is 0.620. The zero-order valence-electron chi connectivity index (χ0n) is 15.1. The van der Waals surface area contributed by atoms with Crippen LogP contribution >= 0.6 is 0 Å². The predicted molar refractivity (Wildman–Crippen MR) is 94.2 cm³/mol. The summed E-state index contributed by atoms with van der Waals surface area (Å²) < 4.78 is 46.9. The third-order valence-corrected chi connectivity index (χ3v) is 6.19. The molecule has 2 bridgehead atoms. The Bertz CT molecular complexity index is 694. The fraction of sp³-hybridized carbons (Fsp3) is 0.632. The summed E-state index contributed by atoms with van der Waals surface area (Å²) in [6.45, 7) is 0.755. The maximum absolute atomic E-state index is 13.7. The number of hydrogen-bond acceptors (Lipinski definition) is 3. The molecule has 0 amide bonds. The van der Waals surface area contributed by atoms with Crippen LogP contribution in [-0.4, -0.2) is 61.0 Å². The van der Waals surface area contributed by atoms with Gasteiger partial charge in [0.2, 0.25) is 5.60 Å². The number of nitrogens with one attached hydrogen (secondary N) is 1. The van der Waals surface area contributed by atoms with Crippen molar-refractivity contribution < 1.29 is 23.0 Å². The highest BCUT2D eigenvalue weighted by Gasteiger charge is 2.56. The monoisotopic (exact) mass is 383 g/mol. The first-order valence-electron chi connectivity index (χ1n) is 9.29. The Morgan fingerprint density at radius 3 is 2.30 bits per heavy atom. The summed E-state index contributed by atoms with van der Waals surface area (Å²) in [7, 11) is 1.55. The number of halogens is 3. The molecule has 1 aromatic carbocycles. The van der Waals surface area contributed by atoms with Gasteiger partial charge in [-0.3, -0.25) is 4.99 Å². The summed E-state index contributed by atoms with van der Waals surface area (Å²) in [4.78, 5) is 6.15. The largest absolute Gasteiger partial charge is 0.423 e. The zero-order valence-corrected chi connectivity index (χ0v) is 15.1. The number of aliphatic imine (C=N–C) groups is 1. The van der Waals surface area contributed by atoms with Gasteiger partial charge in [-0.05, 0) is 18.4 Å². The third kappa shape index (κ3) is 3.08. The van der Waals surface area contributed by atoms with Gasteiger partial charge >= 0.3 is 6.18 Å². The second kappa shape index (κ2) is 6.67. The van der Waals surface area contributed by atoms with E-state index in [4.69, 9.17) is 4.74 Å². The molecule has 3 fully saturated rings. The van der Waals surface area contributed by atoms with Gasteiger partial charge in [0.05, 0.1) is 18.8 Å². The second-order valence-corrected chi connectivity index (χ2v) is 7.65. The number of hydrogen-bond donors (Lipinski definition) is 2. The number of ether oxygens (including phenoxy) is 1.